The van der Waals surface area contributed by atoms with Crippen molar-refractivity contribution in [2.24, 2.45) is 17.8 Å². The molecule has 0 saturated carbocycles. The number of carbonyl (C=O) groups is 2. The fourth-order valence-corrected chi connectivity index (χ4v) is 6.87. The Morgan fingerprint density at radius 1 is 0.952 bits per heavy atom. The van der Waals surface area contributed by atoms with E-state index in [-0.39, 0.29) is 12.3 Å². The van der Waals surface area contributed by atoms with E-state index in [1.54, 1.807) is 13.8 Å². The van der Waals surface area contributed by atoms with Gasteiger partial charge in [-0.25, -0.2) is 0 Å². The largest absolute Gasteiger partial charge is 0.345 e. The van der Waals surface area contributed by atoms with E-state index in [1.807, 2.05) is 0 Å². The molecule has 0 bridgehead atoms. The van der Waals surface area contributed by atoms with Gasteiger partial charge in [0.2, 0.25) is 0 Å². The van der Waals surface area contributed by atoms with Crippen LogP contribution in [-0.4, -0.2) is 39.3 Å². The van der Waals surface area contributed by atoms with Crippen molar-refractivity contribution in [1.29, 1.82) is 0 Å². The minimum Gasteiger partial charge on any atom is -0.345 e. The average molecular weight is 340 g/mol. The van der Waals surface area contributed by atoms with Crippen LogP contribution in [0.4, 0.5) is 0 Å². The van der Waals surface area contributed by atoms with Crippen LogP contribution in [0.2, 0.25) is 0 Å². The van der Waals surface area contributed by atoms with Crippen LogP contribution in [0.3, 0.4) is 0 Å². The minimum atomic E-state index is -4.40. The molecule has 2 heterocycles. The lowest BCUT2D eigenvalue weighted by Gasteiger charge is -2.20. The van der Waals surface area contributed by atoms with Crippen LogP contribution in [0.1, 0.15) is 27.2 Å². The molecule has 0 spiro atoms. The summed E-state index contributed by atoms with van der Waals surface area (Å²) in [6.45, 7) is 4.80. The van der Waals surface area contributed by atoms with Gasteiger partial charge >= 0.3 is 32.2 Å². The molecular weight excluding hydrogens is 324 g/mol. The first-order valence-corrected chi connectivity index (χ1v) is 9.36. The van der Waals surface area contributed by atoms with Crippen LogP contribution < -0.4 is 0 Å². The molecule has 0 N–H and O–H groups in total. The Kier molecular flexibility index (Phi) is 3.81. The maximum Gasteiger partial charge on any atom is 0.326 e. The van der Waals surface area contributed by atoms with Gasteiger partial charge in [0.05, 0.1) is 11.8 Å². The van der Waals surface area contributed by atoms with Crippen LogP contribution in [0.25, 0.3) is 0 Å². The fraction of sp³-hybridized carbons (Fsp3) is 0.818. The zero-order chi connectivity index (χ0) is 16.2. The Labute approximate surface area is 123 Å². The molecule has 2 saturated heterocycles. The standard InChI is InChI=1S/C11H16O8S2/c1-5(2)4-7-9(21(16,17)19-11(7)13)8-6(3)10(12)18-20(8,14)15/h5-9H,4H2,1-3H3. The van der Waals surface area contributed by atoms with E-state index in [9.17, 15) is 26.4 Å². The van der Waals surface area contributed by atoms with E-state index >= 15 is 0 Å². The molecule has 0 aromatic rings. The summed E-state index contributed by atoms with van der Waals surface area (Å²) >= 11 is 0. The molecule has 2 fully saturated rings. The maximum atomic E-state index is 12.0. The zero-order valence-electron chi connectivity index (χ0n) is 11.7. The first-order chi connectivity index (χ1) is 9.47. The third-order valence-corrected chi connectivity index (χ3v) is 7.30. The predicted octanol–water partition coefficient (Wildman–Crippen LogP) is -0.205. The first-order valence-electron chi connectivity index (χ1n) is 6.41. The third-order valence-electron chi connectivity index (χ3n) is 3.68. The van der Waals surface area contributed by atoms with Crippen LogP contribution >= 0.6 is 0 Å². The van der Waals surface area contributed by atoms with Crippen molar-refractivity contribution in [2.45, 2.75) is 37.7 Å². The Morgan fingerprint density at radius 3 is 1.86 bits per heavy atom. The molecule has 0 amide bonds. The van der Waals surface area contributed by atoms with Crippen molar-refractivity contribution in [3.05, 3.63) is 0 Å². The SMILES string of the molecule is CC(C)CC1C(=O)OS(=O)(=O)C1C1C(C)C(=O)OS1(=O)=O. The summed E-state index contributed by atoms with van der Waals surface area (Å²) in [6.07, 6.45) is 0.148. The lowest BCUT2D eigenvalue weighted by atomic mass is 9.89. The molecule has 2 aliphatic heterocycles. The van der Waals surface area contributed by atoms with E-state index in [4.69, 9.17) is 0 Å². The quantitative estimate of drug-likeness (QED) is 0.647. The van der Waals surface area contributed by atoms with Crippen LogP contribution in [0, 0.1) is 17.8 Å². The lowest BCUT2D eigenvalue weighted by molar-refractivity contribution is -0.137. The Balaban J connectivity index is 2.52. The summed E-state index contributed by atoms with van der Waals surface area (Å²) in [4.78, 5) is 23.2. The summed E-state index contributed by atoms with van der Waals surface area (Å²) in [5.41, 5.74) is 0. The highest BCUT2D eigenvalue weighted by Crippen LogP contribution is 2.41. The van der Waals surface area contributed by atoms with E-state index in [1.165, 1.54) is 6.92 Å². The topological polar surface area (TPSA) is 121 Å². The van der Waals surface area contributed by atoms with Gasteiger partial charge in [-0.3, -0.25) is 9.59 Å². The second kappa shape index (κ2) is 4.94. The zero-order valence-corrected chi connectivity index (χ0v) is 13.3. The van der Waals surface area contributed by atoms with Crippen LogP contribution in [0.15, 0.2) is 0 Å². The number of hydrogen-bond acceptors (Lipinski definition) is 8. The van der Waals surface area contributed by atoms with Gasteiger partial charge in [-0.05, 0) is 12.3 Å². The summed E-state index contributed by atoms with van der Waals surface area (Å²) in [5, 5.41) is -3.23. The van der Waals surface area contributed by atoms with Gasteiger partial charge in [0.1, 0.15) is 10.5 Å². The molecule has 10 heteroatoms. The van der Waals surface area contributed by atoms with E-state index in [2.05, 4.69) is 8.37 Å². The molecule has 2 aliphatic rings. The van der Waals surface area contributed by atoms with E-state index < -0.39 is 54.5 Å². The van der Waals surface area contributed by atoms with Crippen molar-refractivity contribution in [3.8, 4) is 0 Å². The highest BCUT2D eigenvalue weighted by atomic mass is 32.2. The van der Waals surface area contributed by atoms with Gasteiger partial charge in [-0.2, -0.15) is 16.8 Å². The van der Waals surface area contributed by atoms with Crippen molar-refractivity contribution in [2.75, 3.05) is 0 Å². The number of rotatable bonds is 3. The molecular formula is C11H16O8S2. The monoisotopic (exact) mass is 340 g/mol. The predicted molar refractivity (Wildman–Crippen MR) is 69.7 cm³/mol. The molecule has 21 heavy (non-hydrogen) atoms. The van der Waals surface area contributed by atoms with Crippen molar-refractivity contribution in [3.63, 3.8) is 0 Å². The van der Waals surface area contributed by atoms with Gasteiger partial charge in [0.15, 0.2) is 0 Å². The lowest BCUT2D eigenvalue weighted by Crippen LogP contribution is -2.43. The summed E-state index contributed by atoms with van der Waals surface area (Å²) in [6, 6.07) is 0. The first kappa shape index (κ1) is 16.2. The average Bonchev–Trinajstić information content (AvgIpc) is 2.60. The second-order valence-corrected chi connectivity index (χ2v) is 9.14. The van der Waals surface area contributed by atoms with Gasteiger partial charge in [0, 0.05) is 0 Å². The van der Waals surface area contributed by atoms with Crippen molar-refractivity contribution in [1.82, 2.24) is 0 Å². The minimum absolute atomic E-state index is 0.0469. The highest BCUT2D eigenvalue weighted by molar-refractivity contribution is 7.92. The molecule has 0 radical (unpaired) electrons. The fourth-order valence-electron chi connectivity index (χ4n) is 2.78. The normalized spacial score (nSPS) is 37.5. The molecule has 0 aromatic heterocycles. The Bertz CT molecular complexity index is 675. The second-order valence-electron chi connectivity index (χ2n) is 5.74. The maximum absolute atomic E-state index is 12.0. The molecule has 2 rings (SSSR count). The molecule has 0 aromatic carbocycles. The molecule has 4 unspecified atom stereocenters. The third kappa shape index (κ3) is 2.66. The Hall–Kier alpha value is -1.16. The number of carbonyl (C=O) groups excluding carboxylic acids is 2. The van der Waals surface area contributed by atoms with E-state index in [0.717, 1.165) is 0 Å². The summed E-state index contributed by atoms with van der Waals surface area (Å²) in [7, 11) is -8.80. The molecule has 120 valence electrons. The smallest absolute Gasteiger partial charge is 0.326 e. The van der Waals surface area contributed by atoms with Crippen molar-refractivity contribution >= 4 is 32.2 Å². The molecule has 0 aliphatic carbocycles. The van der Waals surface area contributed by atoms with Gasteiger partial charge in [-0.1, -0.05) is 20.8 Å². The van der Waals surface area contributed by atoms with Gasteiger partial charge < -0.3 is 8.37 Å². The molecule has 4 atom stereocenters. The van der Waals surface area contributed by atoms with Gasteiger partial charge in [-0.15, -0.1) is 0 Å². The van der Waals surface area contributed by atoms with Crippen LogP contribution in [0.5, 0.6) is 0 Å². The highest BCUT2D eigenvalue weighted by Gasteiger charge is 2.62. The molecule has 8 nitrogen and oxygen atoms in total. The summed E-state index contributed by atoms with van der Waals surface area (Å²) in [5.74, 6) is -4.33. The Morgan fingerprint density at radius 2 is 1.43 bits per heavy atom. The number of hydrogen-bond donors (Lipinski definition) is 0. The van der Waals surface area contributed by atoms with Crippen molar-refractivity contribution < 1.29 is 34.8 Å². The van der Waals surface area contributed by atoms with E-state index in [0.29, 0.717) is 0 Å². The van der Waals surface area contributed by atoms with Gasteiger partial charge in [0.25, 0.3) is 0 Å². The summed E-state index contributed by atoms with van der Waals surface area (Å²) < 4.78 is 56.5. The van der Waals surface area contributed by atoms with Crippen LogP contribution in [-0.2, 0) is 38.2 Å².